The maximum atomic E-state index is 12.8. The van der Waals surface area contributed by atoms with Crippen molar-refractivity contribution in [2.24, 2.45) is 0 Å². The van der Waals surface area contributed by atoms with Crippen molar-refractivity contribution in [1.82, 2.24) is 0 Å². The molecule has 0 fully saturated rings. The van der Waals surface area contributed by atoms with Crippen LogP contribution >= 0.6 is 11.6 Å². The molecule has 1 amide bonds. The van der Waals surface area contributed by atoms with Gasteiger partial charge in [0, 0.05) is 12.1 Å². The molecule has 2 aromatic carbocycles. The molecule has 0 unspecified atom stereocenters. The van der Waals surface area contributed by atoms with E-state index >= 15 is 0 Å². The molecule has 0 saturated carbocycles. The van der Waals surface area contributed by atoms with Crippen molar-refractivity contribution in [1.29, 1.82) is 0 Å². The van der Waals surface area contributed by atoms with Crippen LogP contribution in [0.5, 0.6) is 11.5 Å². The van der Waals surface area contributed by atoms with E-state index in [0.717, 1.165) is 16.1 Å². The maximum Gasteiger partial charge on any atom is 0.248 e. The van der Waals surface area contributed by atoms with Crippen LogP contribution < -0.4 is 19.1 Å². The van der Waals surface area contributed by atoms with Gasteiger partial charge in [-0.05, 0) is 26.0 Å². The topological polar surface area (TPSA) is 84.9 Å². The van der Waals surface area contributed by atoms with Gasteiger partial charge < -0.3 is 14.8 Å². The Balaban J connectivity index is 2.37. The summed E-state index contributed by atoms with van der Waals surface area (Å²) in [5, 5.41) is 3.01. The van der Waals surface area contributed by atoms with Gasteiger partial charge in [0.2, 0.25) is 15.9 Å². The third kappa shape index (κ3) is 4.88. The summed E-state index contributed by atoms with van der Waals surface area (Å²) < 4.78 is 36.2. The van der Waals surface area contributed by atoms with Gasteiger partial charge in [0.15, 0.2) is 0 Å². The molecular weight excluding hydrogens is 404 g/mol. The van der Waals surface area contributed by atoms with Crippen LogP contribution in [0.4, 0.5) is 11.4 Å². The Morgan fingerprint density at radius 3 is 2.18 bits per heavy atom. The third-order valence-electron chi connectivity index (χ3n) is 4.11. The number of rotatable bonds is 7. The van der Waals surface area contributed by atoms with Gasteiger partial charge in [-0.3, -0.25) is 9.10 Å². The highest BCUT2D eigenvalue weighted by atomic mass is 35.5. The van der Waals surface area contributed by atoms with Crippen LogP contribution in [0.1, 0.15) is 12.5 Å². The fourth-order valence-corrected chi connectivity index (χ4v) is 4.10. The summed E-state index contributed by atoms with van der Waals surface area (Å²) in [5.74, 6) is 0.144. The van der Waals surface area contributed by atoms with E-state index in [1.165, 1.54) is 33.3 Å². The van der Waals surface area contributed by atoms with E-state index < -0.39 is 22.0 Å². The number of nitrogens with zero attached hydrogens (tertiary/aromatic N) is 1. The van der Waals surface area contributed by atoms with Crippen molar-refractivity contribution in [3.05, 3.63) is 47.0 Å². The molecule has 0 bridgehead atoms. The van der Waals surface area contributed by atoms with E-state index in [2.05, 4.69) is 5.32 Å². The molecule has 152 valence electrons. The summed E-state index contributed by atoms with van der Waals surface area (Å²) in [6, 6.07) is 8.90. The number of hydrogen-bond acceptors (Lipinski definition) is 5. The Morgan fingerprint density at radius 2 is 1.68 bits per heavy atom. The van der Waals surface area contributed by atoms with Crippen molar-refractivity contribution in [2.75, 3.05) is 30.1 Å². The van der Waals surface area contributed by atoms with Gasteiger partial charge in [0.25, 0.3) is 0 Å². The molecule has 0 aliphatic carbocycles. The van der Waals surface area contributed by atoms with Gasteiger partial charge >= 0.3 is 0 Å². The lowest BCUT2D eigenvalue weighted by Gasteiger charge is -2.28. The lowest BCUT2D eigenvalue weighted by Crippen LogP contribution is -2.45. The fraction of sp³-hybridized carbons (Fsp3) is 0.316. The van der Waals surface area contributed by atoms with Crippen LogP contribution in [0.25, 0.3) is 0 Å². The molecule has 28 heavy (non-hydrogen) atoms. The van der Waals surface area contributed by atoms with Crippen LogP contribution in [0.2, 0.25) is 5.02 Å². The molecule has 0 spiro atoms. The van der Waals surface area contributed by atoms with E-state index in [4.69, 9.17) is 21.1 Å². The Kier molecular flexibility index (Phi) is 6.79. The highest BCUT2D eigenvalue weighted by Crippen LogP contribution is 2.36. The number of ether oxygens (including phenoxy) is 2. The van der Waals surface area contributed by atoms with Gasteiger partial charge in [-0.15, -0.1) is 0 Å². The van der Waals surface area contributed by atoms with Crippen LogP contribution in [0, 0.1) is 6.92 Å². The number of carbonyl (C=O) groups excluding carboxylic acids is 1. The van der Waals surface area contributed by atoms with E-state index in [9.17, 15) is 13.2 Å². The number of benzene rings is 2. The number of nitrogens with one attached hydrogen (secondary N) is 1. The minimum absolute atomic E-state index is 0.318. The van der Waals surface area contributed by atoms with Crippen molar-refractivity contribution in [3.8, 4) is 11.5 Å². The average molecular weight is 427 g/mol. The van der Waals surface area contributed by atoms with Crippen LogP contribution in [-0.4, -0.2) is 40.8 Å². The second-order valence-electron chi connectivity index (χ2n) is 6.25. The SMILES string of the molecule is COc1cc(NC(=O)[C@@H](C)N(c2ccc(C)cc2)S(C)(=O)=O)c(OC)cc1Cl. The number of aryl methyl sites for hydroxylation is 1. The molecule has 0 aromatic heterocycles. The third-order valence-corrected chi connectivity index (χ3v) is 5.65. The molecular formula is C19H23ClN2O5S. The molecule has 0 aliphatic heterocycles. The van der Waals surface area contributed by atoms with Crippen molar-refractivity contribution < 1.29 is 22.7 Å². The van der Waals surface area contributed by atoms with E-state index in [1.54, 1.807) is 24.3 Å². The summed E-state index contributed by atoms with van der Waals surface area (Å²) in [5.41, 5.74) is 1.70. The molecule has 2 rings (SSSR count). The Morgan fingerprint density at radius 1 is 1.11 bits per heavy atom. The number of anilines is 2. The molecule has 0 aliphatic rings. The van der Waals surface area contributed by atoms with Gasteiger partial charge in [-0.1, -0.05) is 29.3 Å². The molecule has 9 heteroatoms. The summed E-state index contributed by atoms with van der Waals surface area (Å²) in [7, 11) is -0.821. The van der Waals surface area contributed by atoms with Crippen molar-refractivity contribution in [2.45, 2.75) is 19.9 Å². The normalized spacial score (nSPS) is 12.2. The first-order valence-electron chi connectivity index (χ1n) is 8.37. The molecule has 7 nitrogen and oxygen atoms in total. The second-order valence-corrected chi connectivity index (χ2v) is 8.51. The highest BCUT2D eigenvalue weighted by molar-refractivity contribution is 7.92. The minimum atomic E-state index is -3.71. The molecule has 2 aromatic rings. The summed E-state index contributed by atoms with van der Waals surface area (Å²) in [6.45, 7) is 3.40. The molecule has 1 N–H and O–H groups in total. The Bertz CT molecular complexity index is 961. The first kappa shape index (κ1) is 21.8. The van der Waals surface area contributed by atoms with Gasteiger partial charge in [-0.2, -0.15) is 0 Å². The molecule has 0 heterocycles. The van der Waals surface area contributed by atoms with E-state index in [0.29, 0.717) is 27.9 Å². The first-order chi connectivity index (χ1) is 13.1. The zero-order valence-corrected chi connectivity index (χ0v) is 17.9. The molecule has 0 radical (unpaired) electrons. The van der Waals surface area contributed by atoms with Gasteiger partial charge in [-0.25, -0.2) is 8.42 Å². The Hall–Kier alpha value is -2.45. The standard InChI is InChI=1S/C19H23ClN2O5S/c1-12-6-8-14(9-7-12)22(28(5,24)25)13(2)19(23)21-16-11-17(26-3)15(20)10-18(16)27-4/h6-11,13H,1-5H3,(H,21,23)/t13-/m1/s1. The summed E-state index contributed by atoms with van der Waals surface area (Å²) in [6.07, 6.45) is 1.06. The number of hydrogen-bond donors (Lipinski definition) is 1. The fourth-order valence-electron chi connectivity index (χ4n) is 2.70. The van der Waals surface area contributed by atoms with Crippen LogP contribution in [0.15, 0.2) is 36.4 Å². The predicted molar refractivity (Wildman–Crippen MR) is 111 cm³/mol. The summed E-state index contributed by atoms with van der Waals surface area (Å²) in [4.78, 5) is 12.8. The number of amides is 1. The zero-order chi connectivity index (χ0) is 21.1. The number of sulfonamides is 1. The summed E-state index contributed by atoms with van der Waals surface area (Å²) >= 11 is 6.08. The number of halogens is 1. The molecule has 0 saturated heterocycles. The van der Waals surface area contributed by atoms with E-state index in [-0.39, 0.29) is 0 Å². The first-order valence-corrected chi connectivity index (χ1v) is 10.6. The molecule has 1 atom stereocenters. The quantitative estimate of drug-likeness (QED) is 0.732. The maximum absolute atomic E-state index is 12.8. The number of methoxy groups -OCH3 is 2. The second kappa shape index (κ2) is 8.70. The van der Waals surface area contributed by atoms with Gasteiger partial charge in [0.05, 0.1) is 36.9 Å². The largest absolute Gasteiger partial charge is 0.495 e. The number of carbonyl (C=O) groups is 1. The van der Waals surface area contributed by atoms with Gasteiger partial charge in [0.1, 0.15) is 17.5 Å². The highest BCUT2D eigenvalue weighted by Gasteiger charge is 2.29. The monoisotopic (exact) mass is 426 g/mol. The zero-order valence-electron chi connectivity index (χ0n) is 16.3. The van der Waals surface area contributed by atoms with Crippen LogP contribution in [-0.2, 0) is 14.8 Å². The minimum Gasteiger partial charge on any atom is -0.495 e. The van der Waals surface area contributed by atoms with Crippen LogP contribution in [0.3, 0.4) is 0 Å². The Labute approximate surface area is 170 Å². The average Bonchev–Trinajstić information content (AvgIpc) is 2.63. The van der Waals surface area contributed by atoms with Crippen molar-refractivity contribution >= 4 is 38.9 Å². The van der Waals surface area contributed by atoms with Crippen molar-refractivity contribution in [3.63, 3.8) is 0 Å². The van der Waals surface area contributed by atoms with E-state index in [1.807, 2.05) is 6.92 Å². The smallest absolute Gasteiger partial charge is 0.248 e. The lowest BCUT2D eigenvalue weighted by atomic mass is 10.2. The predicted octanol–water partition coefficient (Wildman–Crippen LogP) is 3.46. The lowest BCUT2D eigenvalue weighted by molar-refractivity contribution is -0.116.